The molecule has 1 aromatic carbocycles. The van der Waals surface area contributed by atoms with Crippen molar-refractivity contribution in [2.45, 2.75) is 120 Å². The Labute approximate surface area is 601 Å². The molecule has 3 aromatic rings. The van der Waals surface area contributed by atoms with Crippen molar-refractivity contribution >= 4 is 98.2 Å². The van der Waals surface area contributed by atoms with Crippen molar-refractivity contribution in [1.29, 1.82) is 0 Å². The first-order valence-electron chi connectivity index (χ1n) is 34.2. The van der Waals surface area contributed by atoms with E-state index >= 15 is 9.00 Å². The Bertz CT molecular complexity index is 3450. The number of aromatic nitrogens is 4. The number of ether oxygens (including phenoxy) is 8. The number of carbonyl (C=O) groups excluding carboxylic acids is 11. The standard InChI is InChI=1S/C66H96N12O23S2/c1-5-39(2)46-28-43(80)31-68-61(88)41-26-47-45-6-7-54(94-4)48(37-102-25-24-101-23-22-100-21-20-99-19-18-98-17-16-97-15-14-96-13-12-95-11-10-76-33-42(74-75-76)34-78-57(86)8-9-58(78)87)60(45)73-65(47)103(93)38-50(70-56(85)32-69-62(46)89)63(90)71-49(30-55(67)84)66(92)77-35-44(81)29-51(77)64(91)72-59(52(82)27-41)40(3)53(83)36-79/h6-9,33,39-41,44,46,49-51,53,59,73,79,81,83H,5,10-32,34-38H2,1-4H3,(H2,67,84)(H,68,88)(H,69,89)(H,70,85)(H,71,90)(H,72,91)/t39-,40-,41+,44+,46-,49-,50-,51-,53-,59-,103?/m0/s1. The van der Waals surface area contributed by atoms with E-state index in [1.807, 2.05) is 0 Å². The number of ketones is 2. The number of amides is 9. The van der Waals surface area contributed by atoms with Crippen molar-refractivity contribution in [1.82, 2.24) is 56.4 Å². The average molecular weight is 1490 g/mol. The number of methoxy groups -OCH3 is 1. The Morgan fingerprint density at radius 3 is 1.98 bits per heavy atom. The summed E-state index contributed by atoms with van der Waals surface area (Å²) < 4.78 is 62.1. The van der Waals surface area contributed by atoms with Crippen LogP contribution in [0.1, 0.15) is 69.7 Å². The average Bonchev–Trinajstić information content (AvgIpc) is 1.62. The predicted molar refractivity (Wildman–Crippen MR) is 366 cm³/mol. The Hall–Kier alpha value is -7.69. The van der Waals surface area contributed by atoms with E-state index in [9.17, 15) is 63.3 Å². The maximum atomic E-state index is 15.4. The summed E-state index contributed by atoms with van der Waals surface area (Å²) >= 11 is 1.45. The minimum absolute atomic E-state index is 0.0508. The van der Waals surface area contributed by atoms with Gasteiger partial charge in [-0.25, -0.2) is 4.68 Å². The highest BCUT2D eigenvalue weighted by Crippen LogP contribution is 2.37. The molecule has 103 heavy (non-hydrogen) atoms. The summed E-state index contributed by atoms with van der Waals surface area (Å²) in [6.07, 6.45) is -1.29. The van der Waals surface area contributed by atoms with Crippen molar-refractivity contribution in [3.8, 4) is 5.75 Å². The summed E-state index contributed by atoms with van der Waals surface area (Å²) in [6, 6.07) is -3.67. The number of Topliss-reactive ketones (excluding diaryl/α,β-unsaturated/α-hetero) is 2. The van der Waals surface area contributed by atoms with E-state index in [1.165, 1.54) is 37.9 Å². The fourth-order valence-electron chi connectivity index (χ4n) is 11.8. The molecular weight excluding hydrogens is 1390 g/mol. The second kappa shape index (κ2) is 42.3. The van der Waals surface area contributed by atoms with E-state index in [0.29, 0.717) is 126 Å². The molecule has 35 nitrogen and oxygen atoms in total. The van der Waals surface area contributed by atoms with E-state index in [0.717, 1.165) is 9.80 Å². The van der Waals surface area contributed by atoms with Gasteiger partial charge in [0.05, 0.1) is 185 Å². The van der Waals surface area contributed by atoms with Gasteiger partial charge in [0.1, 0.15) is 34.6 Å². The highest BCUT2D eigenvalue weighted by Gasteiger charge is 2.45. The number of hydrogen-bond donors (Lipinski definition) is 10. The van der Waals surface area contributed by atoms with Gasteiger partial charge < -0.3 is 95.4 Å². The van der Waals surface area contributed by atoms with Crippen molar-refractivity contribution in [2.75, 3.05) is 137 Å². The summed E-state index contributed by atoms with van der Waals surface area (Å²) in [6.45, 7) is 7.40. The lowest BCUT2D eigenvalue weighted by molar-refractivity contribution is -0.144. The number of rotatable bonds is 36. The third-order valence-corrected chi connectivity index (χ3v) is 20.2. The molecule has 0 saturated carbocycles. The van der Waals surface area contributed by atoms with Gasteiger partial charge in [-0.3, -0.25) is 61.8 Å². The van der Waals surface area contributed by atoms with Crippen LogP contribution in [0.15, 0.2) is 35.5 Å². The second-order valence-electron chi connectivity index (χ2n) is 25.1. The maximum Gasteiger partial charge on any atom is 0.253 e. The fourth-order valence-corrected chi connectivity index (χ4v) is 14.1. The molecular formula is C66H96N12O23S2. The van der Waals surface area contributed by atoms with Crippen LogP contribution in [0.2, 0.25) is 0 Å². The van der Waals surface area contributed by atoms with E-state index in [2.05, 4.69) is 41.9 Å². The predicted octanol–water partition coefficient (Wildman–Crippen LogP) is -3.37. The van der Waals surface area contributed by atoms with Gasteiger partial charge in [0.15, 0.2) is 11.6 Å². The first-order chi connectivity index (χ1) is 49.5. The Morgan fingerprint density at radius 1 is 0.767 bits per heavy atom. The largest absolute Gasteiger partial charge is 0.496 e. The van der Waals surface area contributed by atoms with Gasteiger partial charge in [-0.15, -0.1) is 5.10 Å². The number of fused-ring (bicyclic) bond motifs is 5. The number of carbonyl (C=O) groups is 11. The van der Waals surface area contributed by atoms with E-state index < -0.39 is 181 Å². The lowest BCUT2D eigenvalue weighted by atomic mass is 9.85. The number of nitrogens with one attached hydrogen (secondary N) is 6. The van der Waals surface area contributed by atoms with Gasteiger partial charge in [0.2, 0.25) is 41.4 Å². The first-order valence-corrected chi connectivity index (χ1v) is 36.7. The Kier molecular flexibility index (Phi) is 33.9. The molecule has 1 saturated heterocycles. The van der Waals surface area contributed by atoms with Gasteiger partial charge in [0.25, 0.3) is 11.8 Å². The zero-order chi connectivity index (χ0) is 74.5. The molecule has 0 aliphatic carbocycles. The SMILES string of the molecule is CC[C@H](C)[C@@H]1CC(=O)CNC(=O)[C@H]2CC(=O)[C@H]([C@@H](C)[C@@H](O)CO)NC(=O)[C@@H]3C[C@@H](O)CN3C(=O)[C@H](CC(N)=O)NC(=O)[C@H](CS(=O)c3[nH]c4c(CSCCOCCOCCOCCOCCOCCOCCOCCn5cc(CN6C(=O)C=CC6=O)nn5)c(OC)ccc4c3C2)NC(=O)CNC1=O. The van der Waals surface area contributed by atoms with E-state index in [1.54, 1.807) is 36.9 Å². The number of aliphatic hydroxyl groups is 3. The molecule has 2 aromatic heterocycles. The molecule has 11 atom stereocenters. The number of H-pyrrole nitrogens is 1. The molecule has 7 rings (SSSR count). The summed E-state index contributed by atoms with van der Waals surface area (Å²) in [5, 5.41) is 53.0. The number of aliphatic hydroxyl groups excluding tert-OH is 3. The summed E-state index contributed by atoms with van der Waals surface area (Å²) in [5.41, 5.74) is 7.22. The van der Waals surface area contributed by atoms with Gasteiger partial charge in [-0.05, 0) is 30.0 Å². The minimum atomic E-state index is -2.41. The molecule has 1 fully saturated rings. The van der Waals surface area contributed by atoms with Crippen molar-refractivity contribution in [3.63, 3.8) is 0 Å². The minimum Gasteiger partial charge on any atom is -0.496 e. The quantitative estimate of drug-likeness (QED) is 0.0201. The second-order valence-corrected chi connectivity index (χ2v) is 27.6. The third-order valence-electron chi connectivity index (χ3n) is 17.8. The smallest absolute Gasteiger partial charge is 0.253 e. The van der Waals surface area contributed by atoms with Crippen molar-refractivity contribution < 1.29 is 110 Å². The number of thioether (sulfide) groups is 1. The number of benzene rings is 1. The lowest BCUT2D eigenvalue weighted by Crippen LogP contribution is -2.60. The molecule has 37 heteroatoms. The highest BCUT2D eigenvalue weighted by atomic mass is 32.2. The molecule has 11 N–H and O–H groups in total. The van der Waals surface area contributed by atoms with Crippen LogP contribution < -0.4 is 37.1 Å². The molecule has 1 unspecified atom stereocenters. The van der Waals surface area contributed by atoms with Crippen molar-refractivity contribution in [3.05, 3.63) is 47.3 Å². The monoisotopic (exact) mass is 1490 g/mol. The van der Waals surface area contributed by atoms with Crippen LogP contribution in [-0.4, -0.2) is 288 Å². The van der Waals surface area contributed by atoms with Gasteiger partial charge in [0, 0.05) is 78.2 Å². The van der Waals surface area contributed by atoms with Gasteiger partial charge >= 0.3 is 0 Å². The molecule has 2 bridgehead atoms. The number of nitrogens with zero attached hydrogens (tertiary/aromatic N) is 5. The van der Waals surface area contributed by atoms with Crippen LogP contribution in [0.4, 0.5) is 0 Å². The third kappa shape index (κ3) is 25.0. The molecule has 0 spiro atoms. The van der Waals surface area contributed by atoms with Crippen LogP contribution in [0.3, 0.4) is 0 Å². The van der Waals surface area contributed by atoms with Gasteiger partial charge in [-0.2, -0.15) is 11.8 Å². The van der Waals surface area contributed by atoms with Gasteiger partial charge in [-0.1, -0.05) is 32.4 Å². The number of hydrogen-bond acceptors (Lipinski definition) is 26. The number of primary amides is 1. The Morgan fingerprint density at radius 2 is 1.38 bits per heavy atom. The zero-order valence-corrected chi connectivity index (χ0v) is 59.9. The summed E-state index contributed by atoms with van der Waals surface area (Å²) in [5.74, 6) is -12.9. The molecule has 4 aliphatic heterocycles. The van der Waals surface area contributed by atoms with E-state index in [4.69, 9.17) is 43.6 Å². The highest BCUT2D eigenvalue weighted by molar-refractivity contribution is 7.98. The fraction of sp³-hybridized carbons (Fsp3) is 0.652. The molecule has 0 radical (unpaired) electrons. The van der Waals surface area contributed by atoms with Crippen LogP contribution >= 0.6 is 11.8 Å². The van der Waals surface area contributed by atoms with Crippen LogP contribution in [0.25, 0.3) is 10.9 Å². The summed E-state index contributed by atoms with van der Waals surface area (Å²) in [4.78, 5) is 157. The molecule has 4 aliphatic rings. The van der Waals surface area contributed by atoms with Crippen molar-refractivity contribution in [2.24, 2.45) is 29.4 Å². The number of aromatic amines is 1. The van der Waals surface area contributed by atoms with Crippen LogP contribution in [-0.2, 0) is 122 Å². The first kappa shape index (κ1) is 82.6. The number of imide groups is 1. The topological polar surface area (TPSA) is 479 Å². The molecule has 570 valence electrons. The van der Waals surface area contributed by atoms with E-state index in [-0.39, 0.29) is 54.3 Å². The molecule has 9 amide bonds. The normalized spacial score (nSPS) is 23.1. The maximum absolute atomic E-state index is 15.4. The summed E-state index contributed by atoms with van der Waals surface area (Å²) in [7, 11) is -0.965. The number of nitrogens with two attached hydrogens (primary N) is 1. The van der Waals surface area contributed by atoms with Crippen LogP contribution in [0.5, 0.6) is 5.75 Å². The zero-order valence-electron chi connectivity index (χ0n) is 58.3. The van der Waals surface area contributed by atoms with Crippen LogP contribution in [0, 0.1) is 23.7 Å². The Balaban J connectivity index is 0.955. The molecule has 6 heterocycles. The lowest BCUT2D eigenvalue weighted by Gasteiger charge is -2.32.